The normalized spacial score (nSPS) is 10.2. The van der Waals surface area contributed by atoms with Gasteiger partial charge in [-0.1, -0.05) is 17.7 Å². The molecule has 0 fully saturated rings. The summed E-state index contributed by atoms with van der Waals surface area (Å²) in [5, 5.41) is 0.661. The van der Waals surface area contributed by atoms with Gasteiger partial charge in [-0.25, -0.2) is 4.79 Å². The SMILES string of the molecule is COC(=O)c1cncc(-c2cc(C)cc(Cl)c2)c1. The fourth-order valence-corrected chi connectivity index (χ4v) is 2.02. The number of esters is 1. The minimum atomic E-state index is -0.400. The first-order valence-electron chi connectivity index (χ1n) is 5.41. The number of carbonyl (C=O) groups excluding carboxylic acids is 1. The number of halogens is 1. The minimum absolute atomic E-state index is 0.400. The van der Waals surface area contributed by atoms with Crippen molar-refractivity contribution >= 4 is 17.6 Å². The van der Waals surface area contributed by atoms with Crippen LogP contribution in [-0.2, 0) is 4.74 Å². The molecule has 2 aromatic rings. The van der Waals surface area contributed by atoms with Gasteiger partial charge in [0.25, 0.3) is 0 Å². The first-order chi connectivity index (χ1) is 8.60. The van der Waals surface area contributed by atoms with Crippen LogP contribution in [0.15, 0.2) is 36.7 Å². The van der Waals surface area contributed by atoms with E-state index in [-0.39, 0.29) is 0 Å². The van der Waals surface area contributed by atoms with Crippen molar-refractivity contribution in [3.63, 3.8) is 0 Å². The van der Waals surface area contributed by atoms with Crippen molar-refractivity contribution in [3.8, 4) is 11.1 Å². The van der Waals surface area contributed by atoms with Gasteiger partial charge in [0.15, 0.2) is 0 Å². The second kappa shape index (κ2) is 5.19. The topological polar surface area (TPSA) is 39.2 Å². The van der Waals surface area contributed by atoms with Gasteiger partial charge in [0, 0.05) is 23.0 Å². The number of rotatable bonds is 2. The van der Waals surface area contributed by atoms with Gasteiger partial charge in [-0.15, -0.1) is 0 Å². The average molecular weight is 262 g/mol. The van der Waals surface area contributed by atoms with Crippen molar-refractivity contribution in [2.45, 2.75) is 6.92 Å². The van der Waals surface area contributed by atoms with E-state index in [4.69, 9.17) is 11.6 Å². The Labute approximate surface area is 110 Å². The fourth-order valence-electron chi connectivity index (χ4n) is 1.73. The van der Waals surface area contributed by atoms with Crippen LogP contribution in [0.25, 0.3) is 11.1 Å². The van der Waals surface area contributed by atoms with E-state index in [2.05, 4.69) is 9.72 Å². The maximum absolute atomic E-state index is 11.4. The van der Waals surface area contributed by atoms with E-state index in [9.17, 15) is 4.79 Å². The predicted molar refractivity (Wildman–Crippen MR) is 70.8 cm³/mol. The molecule has 0 N–H and O–H groups in total. The van der Waals surface area contributed by atoms with Gasteiger partial charge in [-0.2, -0.15) is 0 Å². The number of aryl methyl sites for hydroxylation is 1. The molecule has 1 aromatic carbocycles. The van der Waals surface area contributed by atoms with E-state index in [1.54, 1.807) is 12.3 Å². The van der Waals surface area contributed by atoms with Crippen LogP contribution in [0.1, 0.15) is 15.9 Å². The molecule has 0 unspecified atom stereocenters. The van der Waals surface area contributed by atoms with Gasteiger partial charge >= 0.3 is 5.97 Å². The molecule has 0 aliphatic heterocycles. The van der Waals surface area contributed by atoms with Crippen LogP contribution >= 0.6 is 11.6 Å². The first-order valence-corrected chi connectivity index (χ1v) is 5.79. The molecule has 3 nitrogen and oxygen atoms in total. The fraction of sp³-hybridized carbons (Fsp3) is 0.143. The number of hydrogen-bond donors (Lipinski definition) is 0. The molecule has 2 rings (SSSR count). The van der Waals surface area contributed by atoms with Crippen molar-refractivity contribution in [2.75, 3.05) is 7.11 Å². The number of ether oxygens (including phenoxy) is 1. The lowest BCUT2D eigenvalue weighted by atomic mass is 10.0. The highest BCUT2D eigenvalue weighted by atomic mass is 35.5. The monoisotopic (exact) mass is 261 g/mol. The van der Waals surface area contributed by atoms with Gasteiger partial charge in [0.1, 0.15) is 0 Å². The minimum Gasteiger partial charge on any atom is -0.465 e. The van der Waals surface area contributed by atoms with Crippen LogP contribution < -0.4 is 0 Å². The molecular formula is C14H12ClNO2. The number of carbonyl (C=O) groups is 1. The number of aromatic nitrogens is 1. The Morgan fingerprint density at radius 2 is 1.94 bits per heavy atom. The van der Waals surface area contributed by atoms with Gasteiger partial charge < -0.3 is 4.74 Å². The number of benzene rings is 1. The lowest BCUT2D eigenvalue weighted by Crippen LogP contribution is -2.01. The molecule has 0 aliphatic carbocycles. The zero-order valence-electron chi connectivity index (χ0n) is 10.1. The van der Waals surface area contributed by atoms with Crippen molar-refractivity contribution in [1.29, 1.82) is 0 Å². The van der Waals surface area contributed by atoms with E-state index >= 15 is 0 Å². The Kier molecular flexibility index (Phi) is 3.63. The Bertz CT molecular complexity index is 576. The Morgan fingerprint density at radius 3 is 2.61 bits per heavy atom. The second-order valence-corrected chi connectivity index (χ2v) is 4.41. The van der Waals surface area contributed by atoms with Gasteiger partial charge in [-0.05, 0) is 36.2 Å². The van der Waals surface area contributed by atoms with Crippen LogP contribution in [-0.4, -0.2) is 18.1 Å². The van der Waals surface area contributed by atoms with Crippen molar-refractivity contribution in [1.82, 2.24) is 4.98 Å². The molecule has 0 spiro atoms. The summed E-state index contributed by atoms with van der Waals surface area (Å²) in [5.74, 6) is -0.400. The molecule has 0 atom stereocenters. The van der Waals surface area contributed by atoms with Crippen LogP contribution in [0, 0.1) is 6.92 Å². The van der Waals surface area contributed by atoms with Crippen LogP contribution in [0.4, 0.5) is 0 Å². The third-order valence-electron chi connectivity index (χ3n) is 2.53. The van der Waals surface area contributed by atoms with Gasteiger partial charge in [-0.3, -0.25) is 4.98 Å². The molecule has 0 saturated carbocycles. The Balaban J connectivity index is 2.47. The average Bonchev–Trinajstić information content (AvgIpc) is 2.37. The summed E-state index contributed by atoms with van der Waals surface area (Å²) in [6.07, 6.45) is 3.17. The number of methoxy groups -OCH3 is 1. The van der Waals surface area contributed by atoms with Crippen LogP contribution in [0.2, 0.25) is 5.02 Å². The smallest absolute Gasteiger partial charge is 0.339 e. The van der Waals surface area contributed by atoms with Crippen molar-refractivity contribution < 1.29 is 9.53 Å². The molecule has 1 aromatic heterocycles. The third-order valence-corrected chi connectivity index (χ3v) is 2.75. The van der Waals surface area contributed by atoms with Crippen molar-refractivity contribution in [3.05, 3.63) is 52.8 Å². The summed E-state index contributed by atoms with van der Waals surface area (Å²) in [5.41, 5.74) is 3.25. The standard InChI is InChI=1S/C14H12ClNO2/c1-9-3-10(6-13(15)4-9)11-5-12(8-16-7-11)14(17)18-2/h3-8H,1-2H3. The van der Waals surface area contributed by atoms with E-state index in [0.29, 0.717) is 10.6 Å². The molecule has 0 saturated heterocycles. The summed E-state index contributed by atoms with van der Waals surface area (Å²) in [4.78, 5) is 15.5. The van der Waals surface area contributed by atoms with E-state index in [1.807, 2.05) is 25.1 Å². The predicted octanol–water partition coefficient (Wildman–Crippen LogP) is 3.50. The zero-order valence-corrected chi connectivity index (χ0v) is 10.9. The summed E-state index contributed by atoms with van der Waals surface area (Å²) in [6, 6.07) is 7.45. The summed E-state index contributed by atoms with van der Waals surface area (Å²) < 4.78 is 4.67. The maximum Gasteiger partial charge on any atom is 0.339 e. The lowest BCUT2D eigenvalue weighted by molar-refractivity contribution is 0.0600. The quantitative estimate of drug-likeness (QED) is 0.777. The molecule has 1 heterocycles. The molecule has 18 heavy (non-hydrogen) atoms. The summed E-state index contributed by atoms with van der Waals surface area (Å²) in [6.45, 7) is 1.97. The van der Waals surface area contributed by atoms with Crippen LogP contribution in [0.5, 0.6) is 0 Å². The molecule has 92 valence electrons. The van der Waals surface area contributed by atoms with Gasteiger partial charge in [0.2, 0.25) is 0 Å². The Morgan fingerprint density at radius 1 is 1.17 bits per heavy atom. The molecule has 0 amide bonds. The number of pyridine rings is 1. The van der Waals surface area contributed by atoms with Gasteiger partial charge in [0.05, 0.1) is 12.7 Å². The number of nitrogens with zero attached hydrogens (tertiary/aromatic N) is 1. The molecule has 4 heteroatoms. The highest BCUT2D eigenvalue weighted by Gasteiger charge is 2.08. The van der Waals surface area contributed by atoms with Crippen molar-refractivity contribution in [2.24, 2.45) is 0 Å². The van der Waals surface area contributed by atoms with E-state index < -0.39 is 5.97 Å². The van der Waals surface area contributed by atoms with E-state index in [1.165, 1.54) is 13.3 Å². The largest absolute Gasteiger partial charge is 0.465 e. The molecule has 0 radical (unpaired) electrons. The Hall–Kier alpha value is -1.87. The first kappa shape index (κ1) is 12.6. The molecular weight excluding hydrogens is 250 g/mol. The van der Waals surface area contributed by atoms with E-state index in [0.717, 1.165) is 16.7 Å². The molecule has 0 bridgehead atoms. The van der Waals surface area contributed by atoms with Crippen LogP contribution in [0.3, 0.4) is 0 Å². The maximum atomic E-state index is 11.4. The number of hydrogen-bond acceptors (Lipinski definition) is 3. The summed E-state index contributed by atoms with van der Waals surface area (Å²) >= 11 is 6.02. The highest BCUT2D eigenvalue weighted by Crippen LogP contribution is 2.24. The second-order valence-electron chi connectivity index (χ2n) is 3.97. The summed E-state index contributed by atoms with van der Waals surface area (Å²) in [7, 11) is 1.35. The third kappa shape index (κ3) is 2.68. The zero-order chi connectivity index (χ0) is 13.1. The highest BCUT2D eigenvalue weighted by molar-refractivity contribution is 6.31. The lowest BCUT2D eigenvalue weighted by Gasteiger charge is -2.05. The molecule has 0 aliphatic rings.